The zero-order valence-electron chi connectivity index (χ0n) is 15.5. The van der Waals surface area contributed by atoms with Crippen molar-refractivity contribution in [3.63, 3.8) is 0 Å². The molecule has 0 atom stereocenters. The fraction of sp³-hybridized carbons (Fsp3) is 0.632. The second kappa shape index (κ2) is 7.50. The van der Waals surface area contributed by atoms with Crippen molar-refractivity contribution in [3.8, 4) is 0 Å². The lowest BCUT2D eigenvalue weighted by molar-refractivity contribution is 0.0607. The number of morpholine rings is 1. The Morgan fingerprint density at radius 2 is 1.67 bits per heavy atom. The summed E-state index contributed by atoms with van der Waals surface area (Å²) in [6.45, 7) is 5.25. The summed E-state index contributed by atoms with van der Waals surface area (Å²) in [6, 6.07) is 6.36. The van der Waals surface area contributed by atoms with Gasteiger partial charge in [-0.15, -0.1) is 0 Å². The van der Waals surface area contributed by atoms with Crippen LogP contribution >= 0.6 is 0 Å². The zero-order chi connectivity index (χ0) is 18.9. The van der Waals surface area contributed by atoms with E-state index in [-0.39, 0.29) is 10.8 Å². The summed E-state index contributed by atoms with van der Waals surface area (Å²) < 4.78 is 32.0. The fourth-order valence-electron chi connectivity index (χ4n) is 4.29. The number of piperidine rings is 1. The number of likely N-dealkylation sites (tertiary alicyclic amines) is 1. The Labute approximate surface area is 160 Å². The lowest BCUT2D eigenvalue weighted by Crippen LogP contribution is -2.44. The van der Waals surface area contributed by atoms with Crippen molar-refractivity contribution in [2.75, 3.05) is 52.5 Å². The lowest BCUT2D eigenvalue weighted by Gasteiger charge is -2.38. The smallest absolute Gasteiger partial charge is 0.253 e. The van der Waals surface area contributed by atoms with Crippen LogP contribution in [-0.4, -0.2) is 76.0 Å². The Hall–Kier alpha value is -1.48. The van der Waals surface area contributed by atoms with Crippen molar-refractivity contribution in [1.29, 1.82) is 0 Å². The van der Waals surface area contributed by atoms with Gasteiger partial charge in [0.1, 0.15) is 0 Å². The minimum atomic E-state index is -3.52. The van der Waals surface area contributed by atoms with Gasteiger partial charge >= 0.3 is 0 Å². The van der Waals surface area contributed by atoms with E-state index in [0.717, 1.165) is 39.0 Å². The summed E-state index contributed by atoms with van der Waals surface area (Å²) in [7, 11) is -3.52. The van der Waals surface area contributed by atoms with Gasteiger partial charge in [0.15, 0.2) is 0 Å². The maximum atomic E-state index is 12.8. The molecule has 1 N–H and O–H groups in total. The molecule has 3 fully saturated rings. The zero-order valence-corrected chi connectivity index (χ0v) is 16.3. The highest BCUT2D eigenvalue weighted by Crippen LogP contribution is 2.37. The molecule has 3 aliphatic heterocycles. The first-order valence-electron chi connectivity index (χ1n) is 9.68. The average Bonchev–Trinajstić information content (AvgIpc) is 3.17. The van der Waals surface area contributed by atoms with Crippen molar-refractivity contribution in [2.24, 2.45) is 5.41 Å². The van der Waals surface area contributed by atoms with E-state index < -0.39 is 10.0 Å². The van der Waals surface area contributed by atoms with Gasteiger partial charge in [-0.25, -0.2) is 8.42 Å². The van der Waals surface area contributed by atoms with Crippen molar-refractivity contribution < 1.29 is 17.9 Å². The molecule has 0 unspecified atom stereocenters. The van der Waals surface area contributed by atoms with Crippen LogP contribution in [0.1, 0.15) is 29.6 Å². The molecule has 0 aromatic heterocycles. The average molecular weight is 394 g/mol. The minimum absolute atomic E-state index is 0.00822. The van der Waals surface area contributed by atoms with E-state index >= 15 is 0 Å². The summed E-state index contributed by atoms with van der Waals surface area (Å²) in [5.74, 6) is -0.00822. The molecular formula is C19H27N3O4S. The summed E-state index contributed by atoms with van der Waals surface area (Å²) in [5, 5.41) is 3.43. The van der Waals surface area contributed by atoms with E-state index in [4.69, 9.17) is 4.74 Å². The summed E-state index contributed by atoms with van der Waals surface area (Å²) in [6.07, 6.45) is 3.27. The number of carbonyl (C=O) groups excluding carboxylic acids is 1. The van der Waals surface area contributed by atoms with Gasteiger partial charge < -0.3 is 15.0 Å². The van der Waals surface area contributed by atoms with Crippen LogP contribution in [0.2, 0.25) is 0 Å². The van der Waals surface area contributed by atoms with Gasteiger partial charge in [-0.3, -0.25) is 4.79 Å². The van der Waals surface area contributed by atoms with E-state index in [1.165, 1.54) is 10.7 Å². The number of nitrogens with one attached hydrogen (secondary N) is 1. The topological polar surface area (TPSA) is 79.0 Å². The summed E-state index contributed by atoms with van der Waals surface area (Å²) in [5.41, 5.74) is 0.920. The monoisotopic (exact) mass is 393 g/mol. The molecule has 7 nitrogen and oxygen atoms in total. The number of hydrogen-bond acceptors (Lipinski definition) is 5. The van der Waals surface area contributed by atoms with Gasteiger partial charge in [0.05, 0.1) is 18.1 Å². The lowest BCUT2D eigenvalue weighted by atomic mass is 9.78. The Bertz CT molecular complexity index is 772. The molecule has 0 bridgehead atoms. The van der Waals surface area contributed by atoms with Gasteiger partial charge in [-0.05, 0) is 55.5 Å². The van der Waals surface area contributed by atoms with E-state index in [1.54, 1.807) is 24.3 Å². The molecule has 0 aliphatic carbocycles. The highest BCUT2D eigenvalue weighted by Gasteiger charge is 2.38. The largest absolute Gasteiger partial charge is 0.379 e. The van der Waals surface area contributed by atoms with Crippen molar-refractivity contribution >= 4 is 15.9 Å². The Kier molecular flexibility index (Phi) is 5.24. The first kappa shape index (κ1) is 18.9. The molecule has 1 amide bonds. The summed E-state index contributed by atoms with van der Waals surface area (Å²) in [4.78, 5) is 14.9. The Balaban J connectivity index is 1.42. The van der Waals surface area contributed by atoms with Gasteiger partial charge in [0, 0.05) is 38.3 Å². The van der Waals surface area contributed by atoms with Crippen LogP contribution in [0.25, 0.3) is 0 Å². The number of hydrogen-bond donors (Lipinski definition) is 1. The predicted molar refractivity (Wildman–Crippen MR) is 101 cm³/mol. The highest BCUT2D eigenvalue weighted by atomic mass is 32.2. The van der Waals surface area contributed by atoms with Crippen LogP contribution in [0.15, 0.2) is 29.2 Å². The normalized spacial score (nSPS) is 23.6. The van der Waals surface area contributed by atoms with Gasteiger partial charge in [-0.2, -0.15) is 4.31 Å². The molecule has 27 heavy (non-hydrogen) atoms. The Morgan fingerprint density at radius 3 is 2.26 bits per heavy atom. The van der Waals surface area contributed by atoms with Gasteiger partial charge in [0.2, 0.25) is 10.0 Å². The molecule has 8 heteroatoms. The molecule has 4 rings (SSSR count). The molecule has 3 heterocycles. The summed E-state index contributed by atoms with van der Waals surface area (Å²) >= 11 is 0. The van der Waals surface area contributed by atoms with Crippen LogP contribution in [0.3, 0.4) is 0 Å². The van der Waals surface area contributed by atoms with E-state index in [0.29, 0.717) is 37.3 Å². The fourth-order valence-corrected chi connectivity index (χ4v) is 5.70. The molecular weight excluding hydrogens is 366 g/mol. The standard InChI is InChI=1S/C19H27N3O4S/c23-18(21-9-6-19(7-10-21)5-8-20-15-19)16-1-3-17(4-2-16)27(24,25)22-11-13-26-14-12-22/h1-4,20H,5-15H2. The van der Waals surface area contributed by atoms with Crippen LogP contribution in [0.5, 0.6) is 0 Å². The molecule has 0 radical (unpaired) electrons. The maximum Gasteiger partial charge on any atom is 0.253 e. The van der Waals surface area contributed by atoms with Crippen molar-refractivity contribution in [2.45, 2.75) is 24.2 Å². The van der Waals surface area contributed by atoms with E-state index in [2.05, 4.69) is 5.32 Å². The van der Waals surface area contributed by atoms with Gasteiger partial charge in [0.25, 0.3) is 5.91 Å². The molecule has 148 valence electrons. The number of ether oxygens (including phenoxy) is 1. The number of rotatable bonds is 3. The third kappa shape index (κ3) is 3.76. The first-order valence-corrected chi connectivity index (χ1v) is 11.1. The van der Waals surface area contributed by atoms with Crippen molar-refractivity contribution in [1.82, 2.24) is 14.5 Å². The molecule has 1 spiro atoms. The predicted octanol–water partition coefficient (Wildman–Crippen LogP) is 0.923. The number of amides is 1. The Morgan fingerprint density at radius 1 is 1.00 bits per heavy atom. The van der Waals surface area contributed by atoms with Crippen LogP contribution < -0.4 is 5.32 Å². The van der Waals surface area contributed by atoms with E-state index in [9.17, 15) is 13.2 Å². The molecule has 1 aromatic carbocycles. The molecule has 1 aromatic rings. The first-order chi connectivity index (χ1) is 13.0. The number of benzene rings is 1. The second-order valence-corrected chi connectivity index (χ2v) is 9.70. The quantitative estimate of drug-likeness (QED) is 0.826. The van der Waals surface area contributed by atoms with Gasteiger partial charge in [-0.1, -0.05) is 0 Å². The molecule has 0 saturated carbocycles. The van der Waals surface area contributed by atoms with E-state index in [1.807, 2.05) is 4.90 Å². The number of sulfonamides is 1. The SMILES string of the molecule is O=C(c1ccc(S(=O)(=O)N2CCOCC2)cc1)N1CCC2(CCNC2)CC1. The highest BCUT2D eigenvalue weighted by molar-refractivity contribution is 7.89. The minimum Gasteiger partial charge on any atom is -0.379 e. The third-order valence-corrected chi connectivity index (χ3v) is 8.07. The van der Waals surface area contributed by atoms with Crippen LogP contribution in [-0.2, 0) is 14.8 Å². The van der Waals surface area contributed by atoms with Crippen molar-refractivity contribution in [3.05, 3.63) is 29.8 Å². The maximum absolute atomic E-state index is 12.8. The number of carbonyl (C=O) groups is 1. The van der Waals surface area contributed by atoms with Crippen LogP contribution in [0, 0.1) is 5.41 Å². The molecule has 3 aliphatic rings. The second-order valence-electron chi connectivity index (χ2n) is 7.76. The van der Waals surface area contributed by atoms with Crippen LogP contribution in [0.4, 0.5) is 0 Å². The molecule has 3 saturated heterocycles. The third-order valence-electron chi connectivity index (χ3n) is 6.15. The number of nitrogens with zero attached hydrogens (tertiary/aromatic N) is 2.